The van der Waals surface area contributed by atoms with E-state index in [1.54, 1.807) is 0 Å². The van der Waals surface area contributed by atoms with Crippen LogP contribution in [0.25, 0.3) is 0 Å². The molecule has 2 atom stereocenters. The molecule has 0 heterocycles. The predicted octanol–water partition coefficient (Wildman–Crippen LogP) is 6.83. The monoisotopic (exact) mass is 492 g/mol. The standard InChI is InChI=1S/C28H48N2OS2/c1-27(2,3)21-17-22(28(4,5)6)19-23(18-21)33-25-14-11-10-13-24(25)32-20-26(31)30(9)16-12-15-29(7)8/h17-19,24-25H,10-16,20H2,1-9H3/t24-,25-/m1/s1. The molecule has 1 aromatic carbocycles. The molecule has 0 radical (unpaired) electrons. The van der Waals surface area contributed by atoms with Crippen molar-refractivity contribution < 1.29 is 4.79 Å². The van der Waals surface area contributed by atoms with Crippen molar-refractivity contribution in [3.63, 3.8) is 0 Å². The Balaban J connectivity index is 2.06. The van der Waals surface area contributed by atoms with E-state index in [1.807, 2.05) is 23.7 Å². The summed E-state index contributed by atoms with van der Waals surface area (Å²) in [5, 5.41) is 1.14. The number of carbonyl (C=O) groups excluding carboxylic acids is 1. The Morgan fingerprint density at radius 2 is 1.42 bits per heavy atom. The summed E-state index contributed by atoms with van der Waals surface area (Å²) in [5.41, 5.74) is 3.13. The van der Waals surface area contributed by atoms with Crippen LogP contribution in [0, 0.1) is 0 Å². The molecule has 1 saturated carbocycles. The summed E-state index contributed by atoms with van der Waals surface area (Å²) in [6.45, 7) is 15.7. The summed E-state index contributed by atoms with van der Waals surface area (Å²) in [6.07, 6.45) is 6.10. The molecule has 0 unspecified atom stereocenters. The number of nitrogens with zero attached hydrogens (tertiary/aromatic N) is 2. The first-order valence-corrected chi connectivity index (χ1v) is 14.5. The summed E-state index contributed by atoms with van der Waals surface area (Å²) >= 11 is 3.96. The minimum atomic E-state index is 0.140. The second kappa shape index (κ2) is 12.4. The molecule has 0 spiro atoms. The van der Waals surface area contributed by atoms with Crippen LogP contribution in [0.4, 0.5) is 0 Å². The third kappa shape index (κ3) is 9.49. The molecule has 1 aliphatic carbocycles. The molecule has 1 aliphatic rings. The van der Waals surface area contributed by atoms with Crippen molar-refractivity contribution in [3.8, 4) is 0 Å². The number of amides is 1. The van der Waals surface area contributed by atoms with Gasteiger partial charge in [-0.25, -0.2) is 0 Å². The highest BCUT2D eigenvalue weighted by Gasteiger charge is 2.29. The van der Waals surface area contributed by atoms with Crippen LogP contribution < -0.4 is 0 Å². The first-order valence-electron chi connectivity index (χ1n) is 12.6. The Kier molecular flexibility index (Phi) is 10.7. The van der Waals surface area contributed by atoms with Crippen LogP contribution in [0.5, 0.6) is 0 Å². The van der Waals surface area contributed by atoms with Crippen LogP contribution >= 0.6 is 23.5 Å². The maximum atomic E-state index is 12.7. The van der Waals surface area contributed by atoms with Gasteiger partial charge < -0.3 is 9.80 Å². The fraction of sp³-hybridized carbons (Fsp3) is 0.750. The molecule has 188 valence electrons. The van der Waals surface area contributed by atoms with Crippen molar-refractivity contribution in [2.75, 3.05) is 40.0 Å². The van der Waals surface area contributed by atoms with Gasteiger partial charge in [-0.2, -0.15) is 0 Å². The van der Waals surface area contributed by atoms with Gasteiger partial charge in [-0.15, -0.1) is 23.5 Å². The molecule has 0 aliphatic heterocycles. The topological polar surface area (TPSA) is 23.6 Å². The van der Waals surface area contributed by atoms with Gasteiger partial charge in [-0.3, -0.25) is 4.79 Å². The summed E-state index contributed by atoms with van der Waals surface area (Å²) in [7, 11) is 6.12. The fourth-order valence-electron chi connectivity index (χ4n) is 4.13. The highest BCUT2D eigenvalue weighted by Crippen LogP contribution is 2.42. The largest absolute Gasteiger partial charge is 0.345 e. The molecule has 2 rings (SSSR count). The number of thioether (sulfide) groups is 2. The zero-order valence-corrected chi connectivity index (χ0v) is 24.3. The Morgan fingerprint density at radius 1 is 0.879 bits per heavy atom. The predicted molar refractivity (Wildman–Crippen MR) is 149 cm³/mol. The van der Waals surface area contributed by atoms with Gasteiger partial charge in [0.2, 0.25) is 5.91 Å². The van der Waals surface area contributed by atoms with E-state index in [9.17, 15) is 4.79 Å². The molecule has 1 aromatic rings. The lowest BCUT2D eigenvalue weighted by Gasteiger charge is -2.32. The van der Waals surface area contributed by atoms with E-state index in [2.05, 4.69) is 90.5 Å². The van der Waals surface area contributed by atoms with Gasteiger partial charge in [0.1, 0.15) is 0 Å². The maximum absolute atomic E-state index is 12.7. The number of rotatable bonds is 9. The second-order valence-corrected chi connectivity index (χ2v) is 14.5. The number of hydrogen-bond donors (Lipinski definition) is 0. The minimum Gasteiger partial charge on any atom is -0.345 e. The van der Waals surface area contributed by atoms with Gasteiger partial charge in [-0.1, -0.05) is 60.5 Å². The van der Waals surface area contributed by atoms with Crippen LogP contribution in [-0.4, -0.2) is 66.2 Å². The van der Waals surface area contributed by atoms with Crippen LogP contribution in [0.2, 0.25) is 0 Å². The molecule has 3 nitrogen and oxygen atoms in total. The lowest BCUT2D eigenvalue weighted by atomic mass is 9.81. The average molecular weight is 493 g/mol. The normalized spacial score (nSPS) is 19.7. The van der Waals surface area contributed by atoms with Crippen LogP contribution in [0.15, 0.2) is 23.1 Å². The van der Waals surface area contributed by atoms with Crippen molar-refractivity contribution in [2.45, 2.75) is 99.9 Å². The molecule has 0 saturated heterocycles. The second-order valence-electron chi connectivity index (χ2n) is 12.0. The van der Waals surface area contributed by atoms with E-state index in [4.69, 9.17) is 0 Å². The van der Waals surface area contributed by atoms with E-state index in [1.165, 1.54) is 41.7 Å². The van der Waals surface area contributed by atoms with Gasteiger partial charge in [0.15, 0.2) is 0 Å². The van der Waals surface area contributed by atoms with Gasteiger partial charge >= 0.3 is 0 Å². The van der Waals surface area contributed by atoms with Crippen molar-refractivity contribution in [2.24, 2.45) is 0 Å². The molecule has 0 bridgehead atoms. The minimum absolute atomic E-state index is 0.140. The molecule has 0 N–H and O–H groups in total. The number of benzene rings is 1. The Labute approximate surface area is 212 Å². The smallest absolute Gasteiger partial charge is 0.232 e. The quantitative estimate of drug-likeness (QED) is 0.377. The molecule has 0 aromatic heterocycles. The first kappa shape index (κ1) is 28.6. The number of carbonyl (C=O) groups is 1. The molecule has 5 heteroatoms. The first-order chi connectivity index (χ1) is 15.3. The van der Waals surface area contributed by atoms with E-state index in [-0.39, 0.29) is 16.7 Å². The summed E-state index contributed by atoms with van der Waals surface area (Å²) < 4.78 is 0. The zero-order chi connectivity index (χ0) is 24.8. The Morgan fingerprint density at radius 3 is 1.94 bits per heavy atom. The third-order valence-electron chi connectivity index (χ3n) is 6.51. The fourth-order valence-corrected chi connectivity index (χ4v) is 7.11. The summed E-state index contributed by atoms with van der Waals surface area (Å²) in [6, 6.07) is 7.24. The van der Waals surface area contributed by atoms with Crippen LogP contribution in [0.1, 0.15) is 84.8 Å². The molecule has 1 amide bonds. The van der Waals surface area contributed by atoms with Gasteiger partial charge in [0.25, 0.3) is 0 Å². The lowest BCUT2D eigenvalue weighted by Crippen LogP contribution is -2.33. The molecular weight excluding hydrogens is 444 g/mol. The van der Waals surface area contributed by atoms with E-state index in [0.717, 1.165) is 19.5 Å². The Bertz CT molecular complexity index is 732. The van der Waals surface area contributed by atoms with Crippen molar-refractivity contribution >= 4 is 29.4 Å². The third-order valence-corrected chi connectivity index (χ3v) is 9.47. The molecular formula is C28H48N2OS2. The van der Waals surface area contributed by atoms with Crippen LogP contribution in [-0.2, 0) is 15.6 Å². The number of hydrogen-bond acceptors (Lipinski definition) is 4. The van der Waals surface area contributed by atoms with E-state index < -0.39 is 0 Å². The SMILES string of the molecule is CN(C)CCCN(C)C(=O)CS[C@@H]1CCCC[C@H]1Sc1cc(C(C)(C)C)cc(C(C)(C)C)c1. The highest BCUT2D eigenvalue weighted by atomic mass is 32.2. The van der Waals surface area contributed by atoms with Gasteiger partial charge in [0, 0.05) is 29.0 Å². The van der Waals surface area contributed by atoms with Crippen molar-refractivity contribution in [1.82, 2.24) is 9.80 Å². The summed E-state index contributed by atoms with van der Waals surface area (Å²) in [4.78, 5) is 18.2. The average Bonchev–Trinajstić information content (AvgIpc) is 2.71. The zero-order valence-electron chi connectivity index (χ0n) is 22.7. The van der Waals surface area contributed by atoms with Gasteiger partial charge in [-0.05, 0) is 74.0 Å². The van der Waals surface area contributed by atoms with E-state index >= 15 is 0 Å². The van der Waals surface area contributed by atoms with E-state index in [0.29, 0.717) is 16.3 Å². The van der Waals surface area contributed by atoms with Crippen molar-refractivity contribution in [3.05, 3.63) is 29.3 Å². The van der Waals surface area contributed by atoms with Crippen molar-refractivity contribution in [1.29, 1.82) is 0 Å². The highest BCUT2D eigenvalue weighted by molar-refractivity contribution is 8.04. The van der Waals surface area contributed by atoms with Gasteiger partial charge in [0.05, 0.1) is 5.75 Å². The van der Waals surface area contributed by atoms with Crippen LogP contribution in [0.3, 0.4) is 0 Å². The Hall–Kier alpha value is -0.650. The molecule has 33 heavy (non-hydrogen) atoms. The summed E-state index contributed by atoms with van der Waals surface area (Å²) in [5.74, 6) is 0.882. The lowest BCUT2D eigenvalue weighted by molar-refractivity contribution is -0.127. The molecule has 1 fully saturated rings. The maximum Gasteiger partial charge on any atom is 0.232 e.